The first kappa shape index (κ1) is 34.5. The molecule has 11 heteroatoms. The van der Waals surface area contributed by atoms with Gasteiger partial charge in [0.1, 0.15) is 29.4 Å². The summed E-state index contributed by atoms with van der Waals surface area (Å²) in [6.07, 6.45) is 3.76. The van der Waals surface area contributed by atoms with Crippen LogP contribution in [-0.4, -0.2) is 77.9 Å². The van der Waals surface area contributed by atoms with E-state index in [1.54, 1.807) is 38.1 Å². The van der Waals surface area contributed by atoms with Crippen LogP contribution < -0.4 is 20.7 Å². The first-order valence-corrected chi connectivity index (χ1v) is 16.3. The van der Waals surface area contributed by atoms with Crippen molar-refractivity contribution in [2.75, 3.05) is 19.8 Å². The number of rotatable bonds is 12. The fraction of sp³-hybridized carbons (Fsp3) is 0.514. The Morgan fingerprint density at radius 1 is 0.913 bits per heavy atom. The highest BCUT2D eigenvalue weighted by Crippen LogP contribution is 2.23. The maximum absolute atomic E-state index is 13.9. The molecule has 4 amide bonds. The Kier molecular flexibility index (Phi) is 12.2. The second kappa shape index (κ2) is 16.2. The number of amides is 4. The van der Waals surface area contributed by atoms with E-state index in [0.717, 1.165) is 5.56 Å². The van der Waals surface area contributed by atoms with Crippen LogP contribution in [0.5, 0.6) is 5.75 Å². The average Bonchev–Trinajstić information content (AvgIpc) is 3.56. The number of ether oxygens (including phenoxy) is 2. The lowest BCUT2D eigenvalue weighted by Crippen LogP contribution is -2.65. The molecule has 2 aromatic carbocycles. The number of esters is 1. The zero-order chi connectivity index (χ0) is 33.1. The lowest BCUT2D eigenvalue weighted by Gasteiger charge is -2.36. The predicted molar refractivity (Wildman–Crippen MR) is 172 cm³/mol. The standard InChI is InChI=1S/C35H46N4O7/c1-4-35(3)34(44)37-28(23-24-17-19-26(20-18-24)45-5-2)32(42)39-21-12-16-29(39)31(41)36-27(30(40)38-35)15-10-7-11-22-46-33(43)25-13-8-6-9-14-25/h6,8-9,13-14,17-20,27-29H,4-5,7,10-12,15-16,21-23H2,1-3H3,(H,36,41)(H,37,44)(H,38,40)/t27-,28?,29+,35-/m0/s1. The summed E-state index contributed by atoms with van der Waals surface area (Å²) in [5.41, 5.74) is -0.00120. The minimum absolute atomic E-state index is 0.221. The Hall–Kier alpha value is -4.41. The second-order valence-electron chi connectivity index (χ2n) is 12.1. The monoisotopic (exact) mass is 634 g/mol. The van der Waals surface area contributed by atoms with E-state index in [1.165, 1.54) is 4.90 Å². The molecule has 0 radical (unpaired) electrons. The van der Waals surface area contributed by atoms with E-state index in [4.69, 9.17) is 9.47 Å². The minimum atomic E-state index is -1.31. The molecule has 46 heavy (non-hydrogen) atoms. The zero-order valence-electron chi connectivity index (χ0n) is 27.0. The number of fused-ring (bicyclic) bond motifs is 1. The Morgan fingerprint density at radius 3 is 2.35 bits per heavy atom. The van der Waals surface area contributed by atoms with Crippen LogP contribution in [0, 0.1) is 0 Å². The molecule has 1 unspecified atom stereocenters. The van der Waals surface area contributed by atoms with Crippen molar-refractivity contribution in [3.63, 3.8) is 0 Å². The maximum Gasteiger partial charge on any atom is 0.338 e. The molecule has 2 aromatic rings. The molecule has 0 aromatic heterocycles. The molecule has 0 saturated carbocycles. The number of hydrogen-bond donors (Lipinski definition) is 3. The predicted octanol–water partition coefficient (Wildman–Crippen LogP) is 3.30. The Morgan fingerprint density at radius 2 is 1.65 bits per heavy atom. The number of unbranched alkanes of at least 4 members (excludes halogenated alkanes) is 2. The number of benzene rings is 2. The topological polar surface area (TPSA) is 143 Å². The van der Waals surface area contributed by atoms with Crippen molar-refractivity contribution >= 4 is 29.6 Å². The van der Waals surface area contributed by atoms with Gasteiger partial charge in [0.15, 0.2) is 0 Å². The van der Waals surface area contributed by atoms with Gasteiger partial charge in [-0.2, -0.15) is 0 Å². The van der Waals surface area contributed by atoms with Gasteiger partial charge in [0.2, 0.25) is 23.6 Å². The van der Waals surface area contributed by atoms with Gasteiger partial charge >= 0.3 is 5.97 Å². The molecule has 2 aliphatic rings. The highest BCUT2D eigenvalue weighted by Gasteiger charge is 2.43. The van der Waals surface area contributed by atoms with Crippen LogP contribution in [0.4, 0.5) is 0 Å². The Labute approximate surface area is 270 Å². The van der Waals surface area contributed by atoms with Gasteiger partial charge in [0.05, 0.1) is 18.8 Å². The number of nitrogens with one attached hydrogen (secondary N) is 3. The summed E-state index contributed by atoms with van der Waals surface area (Å²) in [6, 6.07) is 13.6. The van der Waals surface area contributed by atoms with E-state index in [-0.39, 0.29) is 37.2 Å². The largest absolute Gasteiger partial charge is 0.494 e. The van der Waals surface area contributed by atoms with Crippen molar-refractivity contribution in [1.82, 2.24) is 20.9 Å². The molecular formula is C35H46N4O7. The number of hydrogen-bond acceptors (Lipinski definition) is 7. The fourth-order valence-electron chi connectivity index (χ4n) is 5.80. The van der Waals surface area contributed by atoms with Gasteiger partial charge in [0, 0.05) is 13.0 Å². The van der Waals surface area contributed by atoms with Gasteiger partial charge in [-0.3, -0.25) is 19.2 Å². The van der Waals surface area contributed by atoms with Crippen molar-refractivity contribution in [1.29, 1.82) is 0 Å². The van der Waals surface area contributed by atoms with E-state index in [2.05, 4.69) is 16.0 Å². The summed E-state index contributed by atoms with van der Waals surface area (Å²) in [6.45, 7) is 6.47. The van der Waals surface area contributed by atoms with Crippen molar-refractivity contribution < 1.29 is 33.4 Å². The van der Waals surface area contributed by atoms with Crippen LogP contribution in [0.25, 0.3) is 0 Å². The molecule has 248 valence electrons. The van der Waals surface area contributed by atoms with Gasteiger partial charge in [-0.25, -0.2) is 4.79 Å². The molecule has 4 atom stereocenters. The third-order valence-corrected chi connectivity index (χ3v) is 8.74. The summed E-state index contributed by atoms with van der Waals surface area (Å²) in [5, 5.41) is 8.68. The Bertz CT molecular complexity index is 1370. The third kappa shape index (κ3) is 8.86. The average molecular weight is 635 g/mol. The molecule has 2 aliphatic heterocycles. The van der Waals surface area contributed by atoms with E-state index in [0.29, 0.717) is 63.0 Å². The maximum atomic E-state index is 13.9. The van der Waals surface area contributed by atoms with Crippen molar-refractivity contribution in [3.8, 4) is 5.75 Å². The molecule has 0 spiro atoms. The van der Waals surface area contributed by atoms with E-state index in [9.17, 15) is 24.0 Å². The number of nitrogens with zero attached hydrogens (tertiary/aromatic N) is 1. The lowest BCUT2D eigenvalue weighted by molar-refractivity contribution is -0.144. The van der Waals surface area contributed by atoms with Crippen LogP contribution in [0.15, 0.2) is 54.6 Å². The first-order valence-electron chi connectivity index (χ1n) is 16.3. The van der Waals surface area contributed by atoms with Crippen LogP contribution in [-0.2, 0) is 30.3 Å². The minimum Gasteiger partial charge on any atom is -0.494 e. The molecule has 2 saturated heterocycles. The molecule has 4 rings (SSSR count). The van der Waals surface area contributed by atoms with Crippen molar-refractivity contribution in [2.24, 2.45) is 0 Å². The van der Waals surface area contributed by atoms with Crippen LogP contribution in [0.1, 0.15) is 81.6 Å². The molecule has 3 N–H and O–H groups in total. The van der Waals surface area contributed by atoms with E-state index < -0.39 is 35.5 Å². The summed E-state index contributed by atoms with van der Waals surface area (Å²) >= 11 is 0. The quantitative estimate of drug-likeness (QED) is 0.240. The van der Waals surface area contributed by atoms with Gasteiger partial charge in [-0.1, -0.05) is 43.7 Å². The summed E-state index contributed by atoms with van der Waals surface area (Å²) < 4.78 is 10.9. The van der Waals surface area contributed by atoms with Gasteiger partial charge < -0.3 is 30.3 Å². The first-order chi connectivity index (χ1) is 22.1. The van der Waals surface area contributed by atoms with Gasteiger partial charge in [0.25, 0.3) is 0 Å². The molecule has 2 fully saturated rings. The SMILES string of the molecule is CCOc1ccc(CC2NC(=O)[C@](C)(CC)NC(=O)[C@H](CCCCCOC(=O)c3ccccc3)NC(=O)[C@H]3CCCN3C2=O)cc1. The zero-order valence-corrected chi connectivity index (χ0v) is 27.0. The van der Waals surface area contributed by atoms with Crippen LogP contribution >= 0.6 is 0 Å². The molecule has 0 bridgehead atoms. The van der Waals surface area contributed by atoms with Crippen molar-refractivity contribution in [3.05, 3.63) is 65.7 Å². The van der Waals surface area contributed by atoms with Gasteiger partial charge in [-0.05, 0) is 82.2 Å². The smallest absolute Gasteiger partial charge is 0.338 e. The van der Waals surface area contributed by atoms with E-state index in [1.807, 2.05) is 37.3 Å². The highest BCUT2D eigenvalue weighted by molar-refractivity contribution is 5.99. The molecular weight excluding hydrogens is 588 g/mol. The molecule has 2 heterocycles. The van der Waals surface area contributed by atoms with Crippen LogP contribution in [0.2, 0.25) is 0 Å². The fourth-order valence-corrected chi connectivity index (χ4v) is 5.80. The molecule has 11 nitrogen and oxygen atoms in total. The lowest BCUT2D eigenvalue weighted by atomic mass is 9.94. The summed E-state index contributed by atoms with van der Waals surface area (Å²) in [5.74, 6) is -1.31. The third-order valence-electron chi connectivity index (χ3n) is 8.74. The Balaban J connectivity index is 1.44. The highest BCUT2D eigenvalue weighted by atomic mass is 16.5. The summed E-state index contributed by atoms with van der Waals surface area (Å²) in [4.78, 5) is 68.6. The molecule has 0 aliphatic carbocycles. The summed E-state index contributed by atoms with van der Waals surface area (Å²) in [7, 11) is 0. The van der Waals surface area contributed by atoms with Gasteiger partial charge in [-0.15, -0.1) is 0 Å². The number of carbonyl (C=O) groups is 5. The van der Waals surface area contributed by atoms with Crippen molar-refractivity contribution in [2.45, 2.75) is 95.8 Å². The van der Waals surface area contributed by atoms with E-state index >= 15 is 0 Å². The second-order valence-corrected chi connectivity index (χ2v) is 12.1. The van der Waals surface area contributed by atoms with Crippen LogP contribution in [0.3, 0.4) is 0 Å². The normalized spacial score (nSPS) is 23.7. The number of carbonyl (C=O) groups excluding carboxylic acids is 5.